The second kappa shape index (κ2) is 7.52. The number of anilines is 1. The van der Waals surface area contributed by atoms with E-state index in [0.717, 1.165) is 25.9 Å². The molecule has 1 aromatic heterocycles. The number of rotatable bonds is 3. The zero-order chi connectivity index (χ0) is 17.7. The van der Waals surface area contributed by atoms with Crippen molar-refractivity contribution in [3.63, 3.8) is 0 Å². The molecule has 1 fully saturated rings. The minimum Gasteiger partial charge on any atom is -0.444 e. The fraction of sp³-hybridized carbons (Fsp3) is 0.611. The Morgan fingerprint density at radius 3 is 2.96 bits per heavy atom. The van der Waals surface area contributed by atoms with Crippen LogP contribution in [-0.2, 0) is 4.74 Å². The summed E-state index contributed by atoms with van der Waals surface area (Å²) in [4.78, 5) is 20.4. The normalized spacial score (nSPS) is 18.0. The Labute approximate surface area is 144 Å². The van der Waals surface area contributed by atoms with Crippen LogP contribution in [0.3, 0.4) is 0 Å². The summed E-state index contributed by atoms with van der Waals surface area (Å²) in [6, 6.07) is 5.71. The minimum absolute atomic E-state index is 0.245. The quantitative estimate of drug-likeness (QED) is 0.852. The molecule has 2 heterocycles. The predicted octanol–water partition coefficient (Wildman–Crippen LogP) is 3.04. The van der Waals surface area contributed by atoms with E-state index in [1.54, 1.807) is 23.2 Å². The molecule has 24 heavy (non-hydrogen) atoms. The molecule has 1 saturated heterocycles. The number of likely N-dealkylation sites (tertiary alicyclic amines) is 1. The summed E-state index contributed by atoms with van der Waals surface area (Å²) in [5.74, 6) is 1.03. The van der Waals surface area contributed by atoms with Crippen molar-refractivity contribution in [3.05, 3.63) is 23.9 Å². The lowest BCUT2D eigenvalue weighted by atomic mass is 9.97. The predicted molar refractivity (Wildman–Crippen MR) is 92.8 cm³/mol. The summed E-state index contributed by atoms with van der Waals surface area (Å²) < 4.78 is 5.47. The van der Waals surface area contributed by atoms with E-state index < -0.39 is 5.60 Å². The summed E-state index contributed by atoms with van der Waals surface area (Å²) in [6.07, 6.45) is 3.47. The van der Waals surface area contributed by atoms with E-state index in [2.05, 4.69) is 11.1 Å². The average Bonchev–Trinajstić information content (AvgIpc) is 2.53. The van der Waals surface area contributed by atoms with Gasteiger partial charge in [0.25, 0.3) is 0 Å². The van der Waals surface area contributed by atoms with Crippen LogP contribution < -0.4 is 4.90 Å². The number of carbonyl (C=O) groups excluding carboxylic acids is 1. The topological polar surface area (TPSA) is 69.5 Å². The monoisotopic (exact) mass is 330 g/mol. The highest BCUT2D eigenvalue weighted by Gasteiger charge is 2.28. The van der Waals surface area contributed by atoms with E-state index in [9.17, 15) is 10.1 Å². The molecule has 0 aromatic carbocycles. The van der Waals surface area contributed by atoms with Gasteiger partial charge in [0.05, 0.1) is 5.56 Å². The van der Waals surface area contributed by atoms with E-state index >= 15 is 0 Å². The van der Waals surface area contributed by atoms with Gasteiger partial charge in [0.1, 0.15) is 17.5 Å². The van der Waals surface area contributed by atoms with Gasteiger partial charge >= 0.3 is 6.09 Å². The lowest BCUT2D eigenvalue weighted by Crippen LogP contribution is -2.45. The van der Waals surface area contributed by atoms with Crippen LogP contribution in [0.25, 0.3) is 0 Å². The third kappa shape index (κ3) is 4.85. The molecule has 130 valence electrons. The maximum Gasteiger partial charge on any atom is 0.410 e. The average molecular weight is 330 g/mol. The van der Waals surface area contributed by atoms with Gasteiger partial charge < -0.3 is 14.5 Å². The van der Waals surface area contributed by atoms with Gasteiger partial charge in [-0.2, -0.15) is 5.26 Å². The van der Waals surface area contributed by atoms with Gasteiger partial charge in [0.2, 0.25) is 0 Å². The maximum absolute atomic E-state index is 12.3. The zero-order valence-electron chi connectivity index (χ0n) is 15.0. The van der Waals surface area contributed by atoms with E-state index in [4.69, 9.17) is 4.74 Å². The molecule has 1 atom stereocenters. The first-order valence-electron chi connectivity index (χ1n) is 8.34. The molecule has 0 bridgehead atoms. The highest BCUT2D eigenvalue weighted by atomic mass is 16.6. The van der Waals surface area contributed by atoms with Crippen molar-refractivity contribution in [3.8, 4) is 6.07 Å². The molecule has 6 heteroatoms. The molecule has 0 saturated carbocycles. The van der Waals surface area contributed by atoms with Crippen LogP contribution >= 0.6 is 0 Å². The van der Waals surface area contributed by atoms with E-state index in [-0.39, 0.29) is 6.09 Å². The summed E-state index contributed by atoms with van der Waals surface area (Å²) >= 11 is 0. The lowest BCUT2D eigenvalue weighted by Gasteiger charge is -2.36. The van der Waals surface area contributed by atoms with Gasteiger partial charge in [-0.3, -0.25) is 0 Å². The minimum atomic E-state index is -0.476. The van der Waals surface area contributed by atoms with Gasteiger partial charge in [-0.25, -0.2) is 9.78 Å². The molecule has 0 spiro atoms. The number of pyridine rings is 1. The molecule has 0 unspecified atom stereocenters. The van der Waals surface area contributed by atoms with Gasteiger partial charge in [-0.1, -0.05) is 0 Å². The first-order chi connectivity index (χ1) is 11.3. The highest BCUT2D eigenvalue weighted by molar-refractivity contribution is 5.68. The second-order valence-corrected chi connectivity index (χ2v) is 7.30. The summed E-state index contributed by atoms with van der Waals surface area (Å²) in [6.45, 7) is 7.81. The number of amides is 1. The smallest absolute Gasteiger partial charge is 0.410 e. The molecular weight excluding hydrogens is 304 g/mol. The highest BCUT2D eigenvalue weighted by Crippen LogP contribution is 2.22. The number of piperidine rings is 1. The van der Waals surface area contributed by atoms with Crippen LogP contribution in [-0.4, -0.2) is 48.3 Å². The van der Waals surface area contributed by atoms with E-state index in [1.807, 2.05) is 32.7 Å². The number of aromatic nitrogens is 1. The number of ether oxygens (including phenoxy) is 1. The van der Waals surface area contributed by atoms with Crippen molar-refractivity contribution >= 4 is 11.9 Å². The van der Waals surface area contributed by atoms with Crippen LogP contribution in [0.5, 0.6) is 0 Å². The second-order valence-electron chi connectivity index (χ2n) is 7.30. The summed E-state index contributed by atoms with van der Waals surface area (Å²) in [5, 5.41) is 9.21. The number of nitriles is 1. The van der Waals surface area contributed by atoms with Crippen LogP contribution in [0.15, 0.2) is 18.3 Å². The fourth-order valence-electron chi connectivity index (χ4n) is 2.97. The molecule has 1 aromatic rings. The third-order valence-corrected chi connectivity index (χ3v) is 3.97. The zero-order valence-corrected chi connectivity index (χ0v) is 15.0. The number of hydrogen-bond donors (Lipinski definition) is 0. The van der Waals surface area contributed by atoms with Crippen molar-refractivity contribution in [1.29, 1.82) is 5.26 Å². The molecular formula is C18H26N4O2. The molecule has 6 nitrogen and oxygen atoms in total. The van der Waals surface area contributed by atoms with E-state index in [1.165, 1.54) is 0 Å². The molecule has 1 aliphatic heterocycles. The molecule has 0 radical (unpaired) electrons. The largest absolute Gasteiger partial charge is 0.444 e. The standard InChI is InChI=1S/C18H26N4O2/c1-18(2,3)24-17(23)22-10-6-7-14(13-22)12-21(4)16-15(11-19)8-5-9-20-16/h5,8-9,14H,6-7,10,12-13H2,1-4H3/t14-/m0/s1. The van der Waals surface area contributed by atoms with Crippen molar-refractivity contribution < 1.29 is 9.53 Å². The SMILES string of the molecule is CN(C[C@@H]1CCCN(C(=O)OC(C)(C)C)C1)c1ncccc1C#N. The van der Waals surface area contributed by atoms with Crippen LogP contribution in [0.2, 0.25) is 0 Å². The summed E-state index contributed by atoms with van der Waals surface area (Å²) in [7, 11) is 1.94. The fourth-order valence-corrected chi connectivity index (χ4v) is 2.97. The molecule has 0 aliphatic carbocycles. The number of carbonyl (C=O) groups is 1. The Kier molecular flexibility index (Phi) is 5.66. The Morgan fingerprint density at radius 2 is 2.29 bits per heavy atom. The van der Waals surface area contributed by atoms with Crippen LogP contribution in [0.4, 0.5) is 10.6 Å². The number of hydrogen-bond acceptors (Lipinski definition) is 5. The van der Waals surface area contributed by atoms with Gasteiger partial charge in [0.15, 0.2) is 0 Å². The van der Waals surface area contributed by atoms with Gasteiger partial charge in [0, 0.05) is 32.9 Å². The van der Waals surface area contributed by atoms with Gasteiger partial charge in [-0.15, -0.1) is 0 Å². The molecule has 1 amide bonds. The van der Waals surface area contributed by atoms with E-state index in [0.29, 0.717) is 23.8 Å². The first-order valence-corrected chi connectivity index (χ1v) is 8.34. The Hall–Kier alpha value is -2.29. The molecule has 1 aliphatic rings. The van der Waals surface area contributed by atoms with Crippen LogP contribution in [0, 0.1) is 17.2 Å². The third-order valence-electron chi connectivity index (χ3n) is 3.97. The Bertz CT molecular complexity index is 618. The first kappa shape index (κ1) is 18.1. The Morgan fingerprint density at radius 1 is 1.54 bits per heavy atom. The van der Waals surface area contributed by atoms with Crippen LogP contribution in [0.1, 0.15) is 39.2 Å². The van der Waals surface area contributed by atoms with Crippen molar-refractivity contribution in [2.45, 2.75) is 39.2 Å². The molecule has 0 N–H and O–H groups in total. The van der Waals surface area contributed by atoms with Crippen molar-refractivity contribution in [2.24, 2.45) is 5.92 Å². The summed E-state index contributed by atoms with van der Waals surface area (Å²) in [5.41, 5.74) is 0.0935. The number of nitrogens with zero attached hydrogens (tertiary/aromatic N) is 4. The van der Waals surface area contributed by atoms with Gasteiger partial charge in [-0.05, 0) is 51.7 Å². The molecule has 2 rings (SSSR count). The van der Waals surface area contributed by atoms with Crippen molar-refractivity contribution in [2.75, 3.05) is 31.6 Å². The maximum atomic E-state index is 12.3. The van der Waals surface area contributed by atoms with Crippen molar-refractivity contribution in [1.82, 2.24) is 9.88 Å². The lowest BCUT2D eigenvalue weighted by molar-refractivity contribution is 0.0170. The Balaban J connectivity index is 1.98.